The van der Waals surface area contributed by atoms with Crippen molar-refractivity contribution in [3.63, 3.8) is 0 Å². The maximum Gasteiger partial charge on any atom is 0.150 e. The van der Waals surface area contributed by atoms with Gasteiger partial charge >= 0.3 is 0 Å². The zero-order valence-electron chi connectivity index (χ0n) is 15.4. The van der Waals surface area contributed by atoms with E-state index in [-0.39, 0.29) is 0 Å². The Morgan fingerprint density at radius 1 is 1.15 bits per heavy atom. The van der Waals surface area contributed by atoms with E-state index in [4.69, 9.17) is 9.72 Å². The molecule has 0 aliphatic carbocycles. The number of aromatic amines is 1. The van der Waals surface area contributed by atoms with Crippen LogP contribution < -0.4 is 4.90 Å². The summed E-state index contributed by atoms with van der Waals surface area (Å²) >= 11 is 0. The lowest BCUT2D eigenvalue weighted by atomic mass is 9.96. The first kappa shape index (κ1) is 17.4. The minimum absolute atomic E-state index is 0.438. The van der Waals surface area contributed by atoms with Crippen molar-refractivity contribution in [3.05, 3.63) is 29.7 Å². The number of anilines is 1. The summed E-state index contributed by atoms with van der Waals surface area (Å²) in [6.45, 7) is 8.36. The van der Waals surface area contributed by atoms with Crippen molar-refractivity contribution >= 4 is 5.82 Å². The van der Waals surface area contributed by atoms with E-state index < -0.39 is 0 Å². The average molecular weight is 357 g/mol. The average Bonchev–Trinajstić information content (AvgIpc) is 3.17. The second-order valence-corrected chi connectivity index (χ2v) is 6.97. The molecule has 2 aliphatic rings. The lowest BCUT2D eigenvalue weighted by molar-refractivity contribution is 0.122. The molecule has 0 aromatic carbocycles. The van der Waals surface area contributed by atoms with Gasteiger partial charge in [0.25, 0.3) is 0 Å². The normalized spacial score (nSPS) is 19.8. The summed E-state index contributed by atoms with van der Waals surface area (Å²) in [6.07, 6.45) is 4.94. The molecular weight excluding hydrogens is 330 g/mol. The highest BCUT2D eigenvalue weighted by Crippen LogP contribution is 2.27. The van der Waals surface area contributed by atoms with E-state index >= 15 is 0 Å². The van der Waals surface area contributed by atoms with Crippen LogP contribution in [0, 0.1) is 0 Å². The molecule has 2 aromatic rings. The second kappa shape index (κ2) is 8.09. The highest BCUT2D eigenvalue weighted by molar-refractivity contribution is 5.38. The van der Waals surface area contributed by atoms with E-state index in [1.807, 2.05) is 12.3 Å². The molecule has 0 radical (unpaired) electrons. The molecule has 4 rings (SSSR count). The monoisotopic (exact) mass is 357 g/mol. The topological polar surface area (TPSA) is 83.1 Å². The van der Waals surface area contributed by atoms with Crippen LogP contribution in [0.25, 0.3) is 0 Å². The predicted molar refractivity (Wildman–Crippen MR) is 98.1 cm³/mol. The van der Waals surface area contributed by atoms with Crippen molar-refractivity contribution in [3.8, 4) is 0 Å². The fraction of sp³-hybridized carbons (Fsp3) is 0.667. The number of piperidine rings is 1. The Hall–Kier alpha value is -2.06. The van der Waals surface area contributed by atoms with Crippen LogP contribution >= 0.6 is 0 Å². The third kappa shape index (κ3) is 4.02. The molecule has 0 amide bonds. The van der Waals surface area contributed by atoms with E-state index in [0.29, 0.717) is 5.92 Å². The summed E-state index contributed by atoms with van der Waals surface area (Å²) in [7, 11) is 0. The molecule has 0 spiro atoms. The molecule has 1 N–H and O–H groups in total. The molecule has 2 saturated heterocycles. The van der Waals surface area contributed by atoms with Crippen LogP contribution in [0.3, 0.4) is 0 Å². The molecule has 0 unspecified atom stereocenters. The zero-order chi connectivity index (χ0) is 17.8. The van der Waals surface area contributed by atoms with Crippen LogP contribution in [-0.2, 0) is 17.7 Å². The molecule has 26 heavy (non-hydrogen) atoms. The van der Waals surface area contributed by atoms with Gasteiger partial charge in [0.1, 0.15) is 23.3 Å². The van der Waals surface area contributed by atoms with E-state index in [1.54, 1.807) is 0 Å². The molecule has 8 heteroatoms. The maximum absolute atomic E-state index is 5.43. The van der Waals surface area contributed by atoms with Crippen molar-refractivity contribution in [2.45, 2.75) is 38.6 Å². The van der Waals surface area contributed by atoms with Gasteiger partial charge in [-0.2, -0.15) is 5.10 Å². The third-order valence-corrected chi connectivity index (χ3v) is 5.21. The number of rotatable bonds is 5. The highest BCUT2D eigenvalue weighted by atomic mass is 16.5. The van der Waals surface area contributed by atoms with Gasteiger partial charge in [-0.1, -0.05) is 6.92 Å². The van der Waals surface area contributed by atoms with Crippen molar-refractivity contribution in [2.24, 2.45) is 0 Å². The number of aromatic nitrogens is 5. The first-order valence-corrected chi connectivity index (χ1v) is 9.60. The Balaban J connectivity index is 1.34. The minimum Gasteiger partial charge on any atom is -0.378 e. The number of nitrogens with one attached hydrogen (secondary N) is 1. The van der Waals surface area contributed by atoms with Gasteiger partial charge in [0.15, 0.2) is 0 Å². The Labute approximate surface area is 154 Å². The smallest absolute Gasteiger partial charge is 0.150 e. The minimum atomic E-state index is 0.438. The number of morpholine rings is 1. The summed E-state index contributed by atoms with van der Waals surface area (Å²) in [6, 6.07) is 2.01. The number of aryl methyl sites for hydroxylation is 1. The molecule has 2 aliphatic heterocycles. The van der Waals surface area contributed by atoms with Crippen LogP contribution in [0.2, 0.25) is 0 Å². The fourth-order valence-electron chi connectivity index (χ4n) is 3.65. The van der Waals surface area contributed by atoms with Crippen molar-refractivity contribution in [1.82, 2.24) is 30.0 Å². The van der Waals surface area contributed by atoms with Crippen LogP contribution in [0.5, 0.6) is 0 Å². The molecule has 2 aromatic heterocycles. The lowest BCUT2D eigenvalue weighted by Gasteiger charge is -2.31. The van der Waals surface area contributed by atoms with Gasteiger partial charge in [-0.15, -0.1) is 0 Å². The lowest BCUT2D eigenvalue weighted by Crippen LogP contribution is -2.37. The summed E-state index contributed by atoms with van der Waals surface area (Å²) in [5.74, 6) is 4.32. The Morgan fingerprint density at radius 2 is 1.96 bits per heavy atom. The fourth-order valence-corrected chi connectivity index (χ4v) is 3.65. The quantitative estimate of drug-likeness (QED) is 0.865. The summed E-state index contributed by atoms with van der Waals surface area (Å²) < 4.78 is 5.43. The van der Waals surface area contributed by atoms with Gasteiger partial charge in [-0.3, -0.25) is 10.00 Å². The van der Waals surface area contributed by atoms with Gasteiger partial charge in [-0.05, 0) is 32.0 Å². The largest absolute Gasteiger partial charge is 0.378 e. The first-order chi connectivity index (χ1) is 12.8. The Bertz CT molecular complexity index is 705. The Morgan fingerprint density at radius 3 is 2.69 bits per heavy atom. The Kier molecular flexibility index (Phi) is 5.40. The van der Waals surface area contributed by atoms with Gasteiger partial charge in [0.05, 0.1) is 19.8 Å². The first-order valence-electron chi connectivity index (χ1n) is 9.60. The molecule has 140 valence electrons. The summed E-state index contributed by atoms with van der Waals surface area (Å²) in [5.41, 5.74) is 0. The number of nitrogens with zero attached hydrogens (tertiary/aromatic N) is 6. The zero-order valence-corrected chi connectivity index (χ0v) is 15.4. The van der Waals surface area contributed by atoms with E-state index in [2.05, 4.69) is 36.9 Å². The standard InChI is InChI=1S/C18H27N7O/c1-2-15-20-16(23-22-15)13-24-7-4-14(5-8-24)18-19-6-3-17(21-18)25-9-11-26-12-10-25/h3,6,14H,2,4-5,7-13H2,1H3,(H,20,22,23). The molecule has 0 bridgehead atoms. The second-order valence-electron chi connectivity index (χ2n) is 6.97. The van der Waals surface area contributed by atoms with Crippen molar-refractivity contribution < 1.29 is 4.74 Å². The van der Waals surface area contributed by atoms with Gasteiger partial charge < -0.3 is 9.64 Å². The molecule has 4 heterocycles. The van der Waals surface area contributed by atoms with Crippen LogP contribution in [0.4, 0.5) is 5.82 Å². The number of H-pyrrole nitrogens is 1. The molecular formula is C18H27N7O. The molecule has 2 fully saturated rings. The predicted octanol–water partition coefficient (Wildman–Crippen LogP) is 1.37. The van der Waals surface area contributed by atoms with Crippen LogP contribution in [0.1, 0.15) is 43.2 Å². The highest BCUT2D eigenvalue weighted by Gasteiger charge is 2.24. The number of likely N-dealkylation sites (tertiary alicyclic amines) is 1. The molecule has 0 saturated carbocycles. The number of hydrogen-bond donors (Lipinski definition) is 1. The summed E-state index contributed by atoms with van der Waals surface area (Å²) in [5, 5.41) is 7.27. The van der Waals surface area contributed by atoms with E-state index in [9.17, 15) is 0 Å². The molecule has 8 nitrogen and oxygen atoms in total. The molecule has 0 atom stereocenters. The van der Waals surface area contributed by atoms with Crippen molar-refractivity contribution in [1.29, 1.82) is 0 Å². The van der Waals surface area contributed by atoms with E-state index in [0.717, 1.165) is 88.5 Å². The van der Waals surface area contributed by atoms with E-state index in [1.165, 1.54) is 0 Å². The van der Waals surface area contributed by atoms with Gasteiger partial charge in [0.2, 0.25) is 0 Å². The summed E-state index contributed by atoms with van der Waals surface area (Å²) in [4.78, 5) is 18.7. The van der Waals surface area contributed by atoms with Crippen molar-refractivity contribution in [2.75, 3.05) is 44.3 Å². The maximum atomic E-state index is 5.43. The number of ether oxygens (including phenoxy) is 1. The SMILES string of the molecule is CCc1n[nH]c(CN2CCC(c3nccc(N4CCOCC4)n3)CC2)n1. The van der Waals surface area contributed by atoms with Gasteiger partial charge in [-0.25, -0.2) is 15.0 Å². The van der Waals surface area contributed by atoms with Crippen LogP contribution in [-0.4, -0.2) is 69.4 Å². The van der Waals surface area contributed by atoms with Gasteiger partial charge in [0, 0.05) is 31.6 Å². The number of hydrogen-bond acceptors (Lipinski definition) is 7. The third-order valence-electron chi connectivity index (χ3n) is 5.21. The van der Waals surface area contributed by atoms with Crippen LogP contribution in [0.15, 0.2) is 12.3 Å².